The normalized spacial score (nSPS) is 9.07. The third kappa shape index (κ3) is 3.23. The highest BCUT2D eigenvalue weighted by Gasteiger charge is 2.03. The Balaban J connectivity index is 2.51. The van der Waals surface area contributed by atoms with E-state index in [2.05, 4.69) is 20.6 Å². The second-order valence-corrected chi connectivity index (χ2v) is 2.72. The summed E-state index contributed by atoms with van der Waals surface area (Å²) < 4.78 is 0. The Kier molecular flexibility index (Phi) is 4.04. The fourth-order valence-corrected chi connectivity index (χ4v) is 0.969. The molecule has 0 fully saturated rings. The van der Waals surface area contributed by atoms with Gasteiger partial charge < -0.3 is 10.6 Å². The summed E-state index contributed by atoms with van der Waals surface area (Å²) in [7, 11) is 1.57. The molecule has 1 amide bonds. The Morgan fingerprint density at radius 1 is 1.53 bits per heavy atom. The van der Waals surface area contributed by atoms with Gasteiger partial charge in [0.25, 0.3) is 0 Å². The van der Waals surface area contributed by atoms with Gasteiger partial charge in [-0.3, -0.25) is 4.79 Å². The van der Waals surface area contributed by atoms with Gasteiger partial charge in [0.15, 0.2) is 11.5 Å². The lowest BCUT2D eigenvalue weighted by Gasteiger charge is -2.04. The van der Waals surface area contributed by atoms with Crippen LogP contribution in [0.5, 0.6) is 0 Å². The summed E-state index contributed by atoms with van der Waals surface area (Å²) in [5.41, 5.74) is 0.231. The summed E-state index contributed by atoms with van der Waals surface area (Å²) >= 11 is 0. The van der Waals surface area contributed by atoms with Crippen LogP contribution >= 0.6 is 0 Å². The average Bonchev–Trinajstić information content (AvgIpc) is 2.29. The van der Waals surface area contributed by atoms with Gasteiger partial charge in [0.05, 0.1) is 0 Å². The van der Waals surface area contributed by atoms with Gasteiger partial charge in [0, 0.05) is 32.4 Å². The molecule has 0 saturated heterocycles. The second-order valence-electron chi connectivity index (χ2n) is 2.72. The Morgan fingerprint density at radius 3 is 2.93 bits per heavy atom. The van der Waals surface area contributed by atoms with Gasteiger partial charge in [-0.15, -0.1) is 0 Å². The summed E-state index contributed by atoms with van der Waals surface area (Å²) in [6.45, 7) is 0.424. The molecule has 0 aromatic carbocycles. The first-order valence-corrected chi connectivity index (χ1v) is 4.43. The van der Waals surface area contributed by atoms with Crippen LogP contribution in [0.25, 0.3) is 0 Å². The molecular formula is C9H11N5O. The van der Waals surface area contributed by atoms with Crippen LogP contribution in [0.3, 0.4) is 0 Å². The molecule has 0 bridgehead atoms. The molecule has 6 heteroatoms. The largest absolute Gasteiger partial charge is 0.367 e. The average molecular weight is 205 g/mol. The molecule has 0 aliphatic rings. The topological polar surface area (TPSA) is 90.7 Å². The molecule has 0 atom stereocenters. The molecule has 1 aromatic rings. The molecule has 0 radical (unpaired) electrons. The maximum absolute atomic E-state index is 10.9. The second kappa shape index (κ2) is 5.54. The molecule has 1 aromatic heterocycles. The van der Waals surface area contributed by atoms with E-state index >= 15 is 0 Å². The van der Waals surface area contributed by atoms with E-state index in [1.807, 2.05) is 6.07 Å². The number of anilines is 1. The first-order valence-electron chi connectivity index (χ1n) is 4.43. The van der Waals surface area contributed by atoms with Crippen molar-refractivity contribution in [2.24, 2.45) is 0 Å². The number of hydrogen-bond donors (Lipinski definition) is 2. The maximum atomic E-state index is 10.9. The Bertz CT molecular complexity index is 384. The first kappa shape index (κ1) is 10.9. The third-order valence-corrected chi connectivity index (χ3v) is 1.73. The van der Waals surface area contributed by atoms with Crippen LogP contribution in [0.15, 0.2) is 12.4 Å². The third-order valence-electron chi connectivity index (χ3n) is 1.73. The predicted molar refractivity (Wildman–Crippen MR) is 53.9 cm³/mol. The van der Waals surface area contributed by atoms with Gasteiger partial charge in [-0.25, -0.2) is 9.97 Å². The molecule has 6 nitrogen and oxygen atoms in total. The number of nitrogens with one attached hydrogen (secondary N) is 2. The zero-order valence-electron chi connectivity index (χ0n) is 8.32. The summed E-state index contributed by atoms with van der Waals surface area (Å²) in [6.07, 6.45) is 3.27. The van der Waals surface area contributed by atoms with Crippen LogP contribution in [0.1, 0.15) is 12.1 Å². The zero-order valence-corrected chi connectivity index (χ0v) is 8.32. The minimum Gasteiger partial charge on any atom is -0.367 e. The fraction of sp³-hybridized carbons (Fsp3) is 0.333. The molecule has 0 aliphatic heterocycles. The molecular weight excluding hydrogens is 194 g/mol. The van der Waals surface area contributed by atoms with E-state index < -0.39 is 0 Å². The van der Waals surface area contributed by atoms with Crippen molar-refractivity contribution >= 4 is 11.7 Å². The van der Waals surface area contributed by atoms with Crippen LogP contribution in [0, 0.1) is 11.3 Å². The summed E-state index contributed by atoms with van der Waals surface area (Å²) in [5, 5.41) is 14.1. The van der Waals surface area contributed by atoms with E-state index in [4.69, 9.17) is 5.26 Å². The highest BCUT2D eigenvalue weighted by Crippen LogP contribution is 2.05. The minimum atomic E-state index is -0.0649. The number of hydrogen-bond acceptors (Lipinski definition) is 5. The number of nitriles is 1. The van der Waals surface area contributed by atoms with Crippen molar-refractivity contribution in [2.45, 2.75) is 6.42 Å². The van der Waals surface area contributed by atoms with Gasteiger partial charge >= 0.3 is 0 Å². The van der Waals surface area contributed by atoms with Crippen molar-refractivity contribution in [3.05, 3.63) is 18.1 Å². The molecule has 1 heterocycles. The number of nitrogens with zero attached hydrogens (tertiary/aromatic N) is 3. The van der Waals surface area contributed by atoms with Crippen LogP contribution in [0.4, 0.5) is 5.82 Å². The lowest BCUT2D eigenvalue weighted by molar-refractivity contribution is -0.120. The zero-order chi connectivity index (χ0) is 11.1. The van der Waals surface area contributed by atoms with Gasteiger partial charge in [-0.05, 0) is 0 Å². The lowest BCUT2D eigenvalue weighted by atomic mass is 10.3. The smallest absolute Gasteiger partial charge is 0.221 e. The maximum Gasteiger partial charge on any atom is 0.221 e. The van der Waals surface area contributed by atoms with Crippen molar-refractivity contribution < 1.29 is 4.79 Å². The van der Waals surface area contributed by atoms with E-state index in [1.54, 1.807) is 7.05 Å². The minimum absolute atomic E-state index is 0.0649. The number of amides is 1. The molecule has 1 rings (SSSR count). The molecule has 0 unspecified atom stereocenters. The number of carbonyl (C=O) groups excluding carboxylic acids is 1. The fourth-order valence-electron chi connectivity index (χ4n) is 0.969. The van der Waals surface area contributed by atoms with Crippen molar-refractivity contribution in [3.8, 4) is 6.07 Å². The van der Waals surface area contributed by atoms with E-state index in [1.165, 1.54) is 12.4 Å². The van der Waals surface area contributed by atoms with Crippen molar-refractivity contribution in [1.82, 2.24) is 15.3 Å². The molecule has 0 saturated carbocycles. The highest BCUT2D eigenvalue weighted by molar-refractivity contribution is 5.76. The number of rotatable bonds is 4. The SMILES string of the molecule is CNC(=O)CCNc1nccnc1C#N. The van der Waals surface area contributed by atoms with Crippen LogP contribution in [-0.4, -0.2) is 29.5 Å². The van der Waals surface area contributed by atoms with Crippen molar-refractivity contribution in [1.29, 1.82) is 5.26 Å². The molecule has 0 spiro atoms. The summed E-state index contributed by atoms with van der Waals surface area (Å²) in [6, 6.07) is 1.91. The summed E-state index contributed by atoms with van der Waals surface area (Å²) in [5.74, 6) is 0.341. The van der Waals surface area contributed by atoms with E-state index in [-0.39, 0.29) is 11.6 Å². The van der Waals surface area contributed by atoms with Crippen LogP contribution in [0.2, 0.25) is 0 Å². The number of carbonyl (C=O) groups is 1. The predicted octanol–water partition coefficient (Wildman–Crippen LogP) is -0.104. The van der Waals surface area contributed by atoms with Gasteiger partial charge in [-0.2, -0.15) is 5.26 Å². The molecule has 2 N–H and O–H groups in total. The van der Waals surface area contributed by atoms with E-state index in [9.17, 15) is 4.79 Å². The van der Waals surface area contributed by atoms with Gasteiger partial charge in [-0.1, -0.05) is 0 Å². The monoisotopic (exact) mass is 205 g/mol. The standard InChI is InChI=1S/C9H11N5O/c1-11-8(15)2-3-13-9-7(6-10)12-4-5-14-9/h4-5H,2-3H2,1H3,(H,11,15)(H,13,14). The van der Waals surface area contributed by atoms with Crippen molar-refractivity contribution in [3.63, 3.8) is 0 Å². The van der Waals surface area contributed by atoms with Crippen LogP contribution < -0.4 is 10.6 Å². The Hall–Kier alpha value is -2.16. The molecule has 15 heavy (non-hydrogen) atoms. The Morgan fingerprint density at radius 2 is 2.27 bits per heavy atom. The molecule has 78 valence electrons. The Labute approximate surface area is 87.3 Å². The van der Waals surface area contributed by atoms with Crippen molar-refractivity contribution in [2.75, 3.05) is 18.9 Å². The summed E-state index contributed by atoms with van der Waals surface area (Å²) in [4.78, 5) is 18.7. The van der Waals surface area contributed by atoms with Gasteiger partial charge in [0.1, 0.15) is 6.07 Å². The van der Waals surface area contributed by atoms with E-state index in [0.29, 0.717) is 18.8 Å². The number of aromatic nitrogens is 2. The van der Waals surface area contributed by atoms with Crippen LogP contribution in [-0.2, 0) is 4.79 Å². The molecule has 0 aliphatic carbocycles. The van der Waals surface area contributed by atoms with E-state index in [0.717, 1.165) is 0 Å². The lowest BCUT2D eigenvalue weighted by Crippen LogP contribution is -2.21. The first-order chi connectivity index (χ1) is 7.27. The quantitative estimate of drug-likeness (QED) is 0.716. The highest BCUT2D eigenvalue weighted by atomic mass is 16.1. The van der Waals surface area contributed by atoms with Gasteiger partial charge in [0.2, 0.25) is 5.91 Å².